The number of hydrogen-bond donors (Lipinski definition) is 2. The van der Waals surface area contributed by atoms with Crippen molar-refractivity contribution in [2.45, 2.75) is 20.4 Å². The van der Waals surface area contributed by atoms with Crippen LogP contribution in [0.1, 0.15) is 28.5 Å². The average Bonchev–Trinajstić information content (AvgIpc) is 2.81. The Hall–Kier alpha value is -2.95. The van der Waals surface area contributed by atoms with E-state index in [1.807, 2.05) is 41.8 Å². The van der Waals surface area contributed by atoms with Crippen molar-refractivity contribution in [1.29, 1.82) is 0 Å². The lowest BCUT2D eigenvalue weighted by atomic mass is 10.1. The van der Waals surface area contributed by atoms with Crippen molar-refractivity contribution in [3.63, 3.8) is 0 Å². The monoisotopic (exact) mass is 324 g/mol. The van der Waals surface area contributed by atoms with Crippen LogP contribution in [0.2, 0.25) is 0 Å². The summed E-state index contributed by atoms with van der Waals surface area (Å²) in [5, 5.41) is 10.5. The second-order valence-corrected chi connectivity index (χ2v) is 5.71. The summed E-state index contributed by atoms with van der Waals surface area (Å²) in [6, 6.07) is 12.7. The van der Waals surface area contributed by atoms with Gasteiger partial charge in [0, 0.05) is 28.8 Å². The number of fused-ring (bicyclic) bond motifs is 1. The minimum atomic E-state index is -0.373. The van der Waals surface area contributed by atoms with Gasteiger partial charge >= 0.3 is 5.97 Å². The summed E-state index contributed by atoms with van der Waals surface area (Å²) < 4.78 is 7.23. The second-order valence-electron chi connectivity index (χ2n) is 5.71. The van der Waals surface area contributed by atoms with Crippen LogP contribution in [0, 0.1) is 6.92 Å². The van der Waals surface area contributed by atoms with Crippen molar-refractivity contribution in [2.75, 3.05) is 12.3 Å². The van der Waals surface area contributed by atoms with Gasteiger partial charge in [0.1, 0.15) is 5.75 Å². The predicted molar refractivity (Wildman–Crippen MR) is 94.3 cm³/mol. The number of ether oxygens (including phenoxy) is 1. The van der Waals surface area contributed by atoms with Crippen molar-refractivity contribution in [3.8, 4) is 5.75 Å². The van der Waals surface area contributed by atoms with Gasteiger partial charge in [-0.3, -0.25) is 0 Å². The molecule has 0 aliphatic heterocycles. The summed E-state index contributed by atoms with van der Waals surface area (Å²) in [6.07, 6.45) is 0. The van der Waals surface area contributed by atoms with E-state index in [9.17, 15) is 9.90 Å². The molecule has 0 saturated heterocycles. The average molecular weight is 324 g/mol. The maximum absolute atomic E-state index is 12.4. The summed E-state index contributed by atoms with van der Waals surface area (Å²) in [7, 11) is 0. The molecular formula is C19H20N2O3. The SMILES string of the molecule is CCOC(=O)c1c(C)n(Cc2ccc(N)cc2)c2ccc(O)cc12. The highest BCUT2D eigenvalue weighted by molar-refractivity contribution is 6.06. The molecule has 0 radical (unpaired) electrons. The molecule has 24 heavy (non-hydrogen) atoms. The summed E-state index contributed by atoms with van der Waals surface area (Å²) in [6.45, 7) is 4.58. The Labute approximate surface area is 140 Å². The number of anilines is 1. The highest BCUT2D eigenvalue weighted by Gasteiger charge is 2.21. The fourth-order valence-electron chi connectivity index (χ4n) is 2.94. The molecule has 5 nitrogen and oxygen atoms in total. The molecule has 124 valence electrons. The smallest absolute Gasteiger partial charge is 0.340 e. The Balaban J connectivity index is 2.15. The molecule has 1 heterocycles. The first kappa shape index (κ1) is 15.9. The van der Waals surface area contributed by atoms with Gasteiger partial charge in [-0.05, 0) is 49.7 Å². The van der Waals surface area contributed by atoms with Crippen LogP contribution in [0.5, 0.6) is 5.75 Å². The molecule has 0 aliphatic rings. The molecule has 0 aliphatic carbocycles. The van der Waals surface area contributed by atoms with Gasteiger partial charge in [0.2, 0.25) is 0 Å². The highest BCUT2D eigenvalue weighted by atomic mass is 16.5. The number of aromatic nitrogens is 1. The van der Waals surface area contributed by atoms with Gasteiger partial charge in [-0.2, -0.15) is 0 Å². The molecule has 1 aromatic heterocycles. The van der Waals surface area contributed by atoms with E-state index in [2.05, 4.69) is 0 Å². The van der Waals surface area contributed by atoms with E-state index in [0.29, 0.717) is 29.8 Å². The molecule has 0 amide bonds. The van der Waals surface area contributed by atoms with E-state index in [0.717, 1.165) is 16.8 Å². The number of esters is 1. The third kappa shape index (κ3) is 2.80. The van der Waals surface area contributed by atoms with Crippen molar-refractivity contribution in [3.05, 3.63) is 59.3 Å². The highest BCUT2D eigenvalue weighted by Crippen LogP contribution is 2.30. The summed E-state index contributed by atoms with van der Waals surface area (Å²) in [5.74, 6) is -0.251. The fourth-order valence-corrected chi connectivity index (χ4v) is 2.94. The molecule has 0 bridgehead atoms. The fraction of sp³-hybridized carbons (Fsp3) is 0.211. The van der Waals surface area contributed by atoms with Gasteiger partial charge in [-0.1, -0.05) is 12.1 Å². The van der Waals surface area contributed by atoms with E-state index < -0.39 is 0 Å². The lowest BCUT2D eigenvalue weighted by Gasteiger charge is -2.09. The minimum Gasteiger partial charge on any atom is -0.508 e. The van der Waals surface area contributed by atoms with E-state index in [4.69, 9.17) is 10.5 Å². The number of nitrogens with two attached hydrogens (primary N) is 1. The number of hydrogen-bond acceptors (Lipinski definition) is 4. The van der Waals surface area contributed by atoms with E-state index in [1.165, 1.54) is 0 Å². The van der Waals surface area contributed by atoms with Crippen LogP contribution >= 0.6 is 0 Å². The zero-order chi connectivity index (χ0) is 17.3. The van der Waals surface area contributed by atoms with Gasteiger partial charge in [0.25, 0.3) is 0 Å². The molecule has 3 aromatic rings. The van der Waals surface area contributed by atoms with Crippen LogP contribution in [-0.2, 0) is 11.3 Å². The lowest BCUT2D eigenvalue weighted by Crippen LogP contribution is -2.08. The molecule has 0 fully saturated rings. The Morgan fingerprint density at radius 2 is 1.92 bits per heavy atom. The van der Waals surface area contributed by atoms with Crippen molar-refractivity contribution in [2.24, 2.45) is 0 Å². The van der Waals surface area contributed by atoms with Crippen LogP contribution in [0.25, 0.3) is 10.9 Å². The van der Waals surface area contributed by atoms with Gasteiger partial charge in [-0.25, -0.2) is 4.79 Å². The van der Waals surface area contributed by atoms with Crippen LogP contribution < -0.4 is 5.73 Å². The summed E-state index contributed by atoms with van der Waals surface area (Å²) >= 11 is 0. The molecule has 3 rings (SSSR count). The molecular weight excluding hydrogens is 304 g/mol. The van der Waals surface area contributed by atoms with Crippen LogP contribution in [0.3, 0.4) is 0 Å². The third-order valence-corrected chi connectivity index (χ3v) is 4.11. The standard InChI is InChI=1S/C19H20N2O3/c1-3-24-19(23)18-12(2)21(11-13-4-6-14(20)7-5-13)17-9-8-15(22)10-16(17)18/h4-10,22H,3,11,20H2,1-2H3. The molecule has 0 unspecified atom stereocenters. The first-order valence-corrected chi connectivity index (χ1v) is 7.84. The van der Waals surface area contributed by atoms with Crippen molar-refractivity contribution in [1.82, 2.24) is 4.57 Å². The van der Waals surface area contributed by atoms with Crippen LogP contribution in [0.15, 0.2) is 42.5 Å². The van der Waals surface area contributed by atoms with Gasteiger partial charge < -0.3 is 20.1 Å². The second kappa shape index (κ2) is 6.28. The largest absolute Gasteiger partial charge is 0.508 e. The maximum atomic E-state index is 12.4. The molecule has 2 aromatic carbocycles. The van der Waals surface area contributed by atoms with Crippen molar-refractivity contribution < 1.29 is 14.6 Å². The Kier molecular flexibility index (Phi) is 4.16. The number of phenols is 1. The maximum Gasteiger partial charge on any atom is 0.340 e. The molecule has 0 spiro atoms. The van der Waals surface area contributed by atoms with Gasteiger partial charge in [0.15, 0.2) is 0 Å². The van der Waals surface area contributed by atoms with E-state index in [-0.39, 0.29) is 11.7 Å². The molecule has 3 N–H and O–H groups in total. The first-order valence-electron chi connectivity index (χ1n) is 7.84. The number of carbonyl (C=O) groups is 1. The van der Waals surface area contributed by atoms with Gasteiger partial charge in [-0.15, -0.1) is 0 Å². The zero-order valence-corrected chi connectivity index (χ0v) is 13.7. The number of nitrogen functional groups attached to an aromatic ring is 1. The zero-order valence-electron chi connectivity index (χ0n) is 13.7. The number of benzene rings is 2. The number of rotatable bonds is 4. The Bertz CT molecular complexity index is 895. The topological polar surface area (TPSA) is 77.5 Å². The molecule has 0 atom stereocenters. The molecule has 0 saturated carbocycles. The normalized spacial score (nSPS) is 10.9. The summed E-state index contributed by atoms with van der Waals surface area (Å²) in [5.41, 5.74) is 9.72. The number of aromatic hydroxyl groups is 1. The van der Waals surface area contributed by atoms with Crippen LogP contribution in [-0.4, -0.2) is 22.2 Å². The molecule has 5 heteroatoms. The first-order chi connectivity index (χ1) is 11.5. The van der Waals surface area contributed by atoms with Crippen molar-refractivity contribution >= 4 is 22.6 Å². The third-order valence-electron chi connectivity index (χ3n) is 4.11. The van der Waals surface area contributed by atoms with Gasteiger partial charge in [0.05, 0.1) is 12.2 Å². The Morgan fingerprint density at radius 1 is 1.21 bits per heavy atom. The lowest BCUT2D eigenvalue weighted by molar-refractivity contribution is 0.0527. The minimum absolute atomic E-state index is 0.123. The van der Waals surface area contributed by atoms with Crippen LogP contribution in [0.4, 0.5) is 5.69 Å². The number of carbonyl (C=O) groups excluding carboxylic acids is 1. The quantitative estimate of drug-likeness (QED) is 0.569. The van der Waals surface area contributed by atoms with E-state index >= 15 is 0 Å². The van der Waals surface area contributed by atoms with E-state index in [1.54, 1.807) is 19.1 Å². The number of phenolic OH excluding ortho intramolecular Hbond substituents is 1. The Morgan fingerprint density at radius 3 is 2.58 bits per heavy atom. The number of nitrogens with zero attached hydrogens (tertiary/aromatic N) is 1. The predicted octanol–water partition coefficient (Wildman–Crippen LogP) is 3.46. The summed E-state index contributed by atoms with van der Waals surface area (Å²) in [4.78, 5) is 12.4.